The van der Waals surface area contributed by atoms with Crippen molar-refractivity contribution in [1.29, 1.82) is 0 Å². The Kier molecular flexibility index (Phi) is 3.92. The molecular weight excluding hydrogens is 324 g/mol. The van der Waals surface area contributed by atoms with Crippen LogP contribution in [0.25, 0.3) is 0 Å². The molecule has 1 N–H and O–H groups in total. The van der Waals surface area contributed by atoms with Crippen LogP contribution < -0.4 is 9.62 Å². The first-order valence-corrected chi connectivity index (χ1v) is 10.4. The predicted molar refractivity (Wildman–Crippen MR) is 92.6 cm³/mol. The smallest absolute Gasteiger partial charge is 0.240 e. The van der Waals surface area contributed by atoms with E-state index in [1.165, 1.54) is 6.42 Å². The molecule has 0 bridgehead atoms. The third-order valence-electron chi connectivity index (χ3n) is 5.71. The molecule has 1 aromatic carbocycles. The summed E-state index contributed by atoms with van der Waals surface area (Å²) in [5, 5.41) is 0. The van der Waals surface area contributed by atoms with Gasteiger partial charge in [0, 0.05) is 12.6 Å². The van der Waals surface area contributed by atoms with Crippen LogP contribution >= 0.6 is 0 Å². The van der Waals surface area contributed by atoms with Crippen molar-refractivity contribution in [2.75, 3.05) is 11.4 Å². The number of benzene rings is 1. The summed E-state index contributed by atoms with van der Waals surface area (Å²) in [5.41, 5.74) is 2.84. The van der Waals surface area contributed by atoms with Gasteiger partial charge < -0.3 is 4.90 Å². The molecule has 1 amide bonds. The summed E-state index contributed by atoms with van der Waals surface area (Å²) < 4.78 is 28.7. The molecule has 0 aromatic heterocycles. The minimum absolute atomic E-state index is 0.0199. The lowest BCUT2D eigenvalue weighted by atomic mass is 9.87. The van der Waals surface area contributed by atoms with Crippen LogP contribution in [-0.2, 0) is 27.7 Å². The topological polar surface area (TPSA) is 66.5 Å². The number of sulfonamides is 1. The zero-order chi connectivity index (χ0) is 16.9. The fourth-order valence-corrected chi connectivity index (χ4v) is 5.84. The second-order valence-corrected chi connectivity index (χ2v) is 9.12. The first kappa shape index (κ1) is 16.1. The number of anilines is 1. The van der Waals surface area contributed by atoms with Crippen molar-refractivity contribution in [2.24, 2.45) is 5.92 Å². The maximum Gasteiger partial charge on any atom is 0.240 e. The van der Waals surface area contributed by atoms with Crippen molar-refractivity contribution in [1.82, 2.24) is 4.72 Å². The van der Waals surface area contributed by atoms with Gasteiger partial charge in [-0.15, -0.1) is 0 Å². The van der Waals surface area contributed by atoms with Crippen LogP contribution in [0.5, 0.6) is 0 Å². The van der Waals surface area contributed by atoms with Gasteiger partial charge >= 0.3 is 0 Å². The van der Waals surface area contributed by atoms with E-state index < -0.39 is 10.0 Å². The van der Waals surface area contributed by atoms with Gasteiger partial charge in [-0.2, -0.15) is 0 Å². The van der Waals surface area contributed by atoms with Gasteiger partial charge in [-0.25, -0.2) is 13.1 Å². The van der Waals surface area contributed by atoms with Gasteiger partial charge in [0.05, 0.1) is 17.0 Å². The Balaban J connectivity index is 1.67. The molecular formula is C18H24N2O3S. The summed E-state index contributed by atoms with van der Waals surface area (Å²) >= 11 is 0. The predicted octanol–water partition coefficient (Wildman–Crippen LogP) is 2.38. The van der Waals surface area contributed by atoms with Crippen LogP contribution in [0.2, 0.25) is 0 Å². The number of amides is 1. The highest BCUT2D eigenvalue weighted by molar-refractivity contribution is 7.89. The highest BCUT2D eigenvalue weighted by Crippen LogP contribution is 2.38. The Morgan fingerprint density at radius 1 is 1.12 bits per heavy atom. The van der Waals surface area contributed by atoms with Gasteiger partial charge in [-0.3, -0.25) is 4.79 Å². The fourth-order valence-electron chi connectivity index (χ4n) is 4.36. The zero-order valence-electron chi connectivity index (χ0n) is 14.0. The molecule has 0 saturated heterocycles. The number of nitrogens with zero attached hydrogens (tertiary/aromatic N) is 1. The monoisotopic (exact) mass is 348 g/mol. The van der Waals surface area contributed by atoms with E-state index in [0.717, 1.165) is 55.5 Å². The van der Waals surface area contributed by atoms with Crippen molar-refractivity contribution < 1.29 is 13.2 Å². The Labute approximate surface area is 143 Å². The van der Waals surface area contributed by atoms with Crippen molar-refractivity contribution in [3.8, 4) is 0 Å². The lowest BCUT2D eigenvalue weighted by Crippen LogP contribution is -2.41. The average Bonchev–Trinajstić information content (AvgIpc) is 2.87. The molecule has 1 saturated carbocycles. The summed E-state index contributed by atoms with van der Waals surface area (Å²) in [6.07, 6.45) is 6.31. The fraction of sp³-hybridized carbons (Fsp3) is 0.611. The molecule has 0 radical (unpaired) electrons. The lowest BCUT2D eigenvalue weighted by molar-refractivity contribution is -0.117. The molecule has 6 heteroatoms. The third kappa shape index (κ3) is 2.65. The van der Waals surface area contributed by atoms with Crippen molar-refractivity contribution >= 4 is 21.6 Å². The van der Waals surface area contributed by atoms with Gasteiger partial charge in [0.25, 0.3) is 0 Å². The van der Waals surface area contributed by atoms with E-state index in [1.54, 1.807) is 12.1 Å². The van der Waals surface area contributed by atoms with Crippen LogP contribution in [-0.4, -0.2) is 26.9 Å². The quantitative estimate of drug-likeness (QED) is 0.912. The van der Waals surface area contributed by atoms with Crippen LogP contribution in [0, 0.1) is 5.92 Å². The lowest BCUT2D eigenvalue weighted by Gasteiger charge is -2.30. The summed E-state index contributed by atoms with van der Waals surface area (Å²) in [6, 6.07) is 3.50. The van der Waals surface area contributed by atoms with E-state index >= 15 is 0 Å². The summed E-state index contributed by atoms with van der Waals surface area (Å²) in [7, 11) is -3.54. The molecule has 2 aliphatic heterocycles. The number of carbonyl (C=O) groups excluding carboxylic acids is 1. The Bertz CT molecular complexity index is 788. The number of carbonyl (C=O) groups is 1. The Hall–Kier alpha value is -1.40. The average molecular weight is 348 g/mol. The van der Waals surface area contributed by atoms with Crippen LogP contribution in [0.3, 0.4) is 0 Å². The molecule has 0 spiro atoms. The van der Waals surface area contributed by atoms with Gasteiger partial charge in [0.1, 0.15) is 0 Å². The second-order valence-electron chi connectivity index (χ2n) is 7.41. The number of hydrogen-bond donors (Lipinski definition) is 1. The summed E-state index contributed by atoms with van der Waals surface area (Å²) in [5.74, 6) is 0.465. The first-order valence-electron chi connectivity index (χ1n) is 8.94. The van der Waals surface area contributed by atoms with Gasteiger partial charge in [-0.1, -0.05) is 19.8 Å². The maximum atomic E-state index is 12.9. The van der Waals surface area contributed by atoms with E-state index in [0.29, 0.717) is 17.2 Å². The van der Waals surface area contributed by atoms with Crippen molar-refractivity contribution in [3.63, 3.8) is 0 Å². The van der Waals surface area contributed by atoms with E-state index in [2.05, 4.69) is 11.6 Å². The highest BCUT2D eigenvalue weighted by atomic mass is 32.2. The second kappa shape index (κ2) is 5.85. The number of nitrogens with one attached hydrogen (secondary N) is 1. The molecule has 24 heavy (non-hydrogen) atoms. The van der Waals surface area contributed by atoms with Gasteiger partial charge in [-0.05, 0) is 54.9 Å². The highest BCUT2D eigenvalue weighted by Gasteiger charge is 2.34. The third-order valence-corrected chi connectivity index (χ3v) is 7.18. The maximum absolute atomic E-state index is 12.9. The van der Waals surface area contributed by atoms with Crippen LogP contribution in [0.4, 0.5) is 5.69 Å². The van der Waals surface area contributed by atoms with Crippen LogP contribution in [0.15, 0.2) is 17.0 Å². The standard InChI is InChI=1S/C18H24N2O3S/c1-12-5-2-3-7-16(12)19-24(22,23)15-9-13-6-4-8-20-17(21)11-14(10-15)18(13)20/h9-10,12,16,19H,2-8,11H2,1H3/t12-,16+/m0/s1. The van der Waals surface area contributed by atoms with Crippen molar-refractivity contribution in [3.05, 3.63) is 23.3 Å². The van der Waals surface area contributed by atoms with E-state index in [-0.39, 0.29) is 11.9 Å². The summed E-state index contributed by atoms with van der Waals surface area (Å²) in [4.78, 5) is 14.3. The van der Waals surface area contributed by atoms with Crippen LogP contribution in [0.1, 0.15) is 50.2 Å². The molecule has 4 rings (SSSR count). The largest absolute Gasteiger partial charge is 0.312 e. The van der Waals surface area contributed by atoms with E-state index in [4.69, 9.17) is 0 Å². The SMILES string of the molecule is C[C@H]1CCCC[C@H]1NS(=O)(=O)c1cc2c3c(c1)CC(=O)N3CCC2. The number of rotatable bonds is 3. The molecule has 1 fully saturated rings. The molecule has 1 aromatic rings. The molecule has 1 aliphatic carbocycles. The number of aryl methyl sites for hydroxylation is 1. The minimum Gasteiger partial charge on any atom is -0.312 e. The van der Waals surface area contributed by atoms with Gasteiger partial charge in [0.2, 0.25) is 15.9 Å². The van der Waals surface area contributed by atoms with Crippen molar-refractivity contribution in [2.45, 2.75) is 62.8 Å². The Morgan fingerprint density at radius 3 is 2.67 bits per heavy atom. The molecule has 2 heterocycles. The van der Waals surface area contributed by atoms with E-state index in [1.807, 2.05) is 4.90 Å². The molecule has 3 aliphatic rings. The molecule has 2 atom stereocenters. The molecule has 130 valence electrons. The zero-order valence-corrected chi connectivity index (χ0v) is 14.9. The number of hydrogen-bond acceptors (Lipinski definition) is 3. The summed E-state index contributed by atoms with van der Waals surface area (Å²) in [6.45, 7) is 2.87. The molecule has 5 nitrogen and oxygen atoms in total. The molecule has 0 unspecified atom stereocenters. The normalized spacial score (nSPS) is 26.5. The Morgan fingerprint density at radius 2 is 1.88 bits per heavy atom. The van der Waals surface area contributed by atoms with E-state index in [9.17, 15) is 13.2 Å². The van der Waals surface area contributed by atoms with Gasteiger partial charge in [0.15, 0.2) is 0 Å². The first-order chi connectivity index (χ1) is 11.5. The minimum atomic E-state index is -3.54.